The summed E-state index contributed by atoms with van der Waals surface area (Å²) in [7, 11) is -1.58. The Balaban J connectivity index is 1.43. The van der Waals surface area contributed by atoms with E-state index in [2.05, 4.69) is 15.5 Å². The van der Waals surface area contributed by atoms with Crippen LogP contribution >= 0.6 is 0 Å². The molecule has 0 aliphatic carbocycles. The van der Waals surface area contributed by atoms with Crippen molar-refractivity contribution in [2.45, 2.75) is 29.7 Å². The summed E-state index contributed by atoms with van der Waals surface area (Å²) in [6, 6.07) is 26.5. The molecule has 1 aliphatic heterocycles. The van der Waals surface area contributed by atoms with Crippen molar-refractivity contribution in [3.8, 4) is 0 Å². The summed E-state index contributed by atoms with van der Waals surface area (Å²) in [5.74, 6) is -0.508. The van der Waals surface area contributed by atoms with Gasteiger partial charge in [0.2, 0.25) is 5.91 Å². The van der Waals surface area contributed by atoms with Crippen LogP contribution in [0.1, 0.15) is 23.5 Å². The normalized spacial score (nSPS) is 15.8. The van der Waals surface area contributed by atoms with E-state index in [1.165, 1.54) is 5.41 Å². The monoisotopic (exact) mass is 574 g/mol. The number of allylic oxidation sites excluding steroid dienone is 1. The smallest absolute Gasteiger partial charge is 0.318 e. The van der Waals surface area contributed by atoms with Crippen LogP contribution in [0.25, 0.3) is 0 Å². The number of carbonyl (C=O) groups is 2. The molecule has 3 aromatic carbocycles. The summed E-state index contributed by atoms with van der Waals surface area (Å²) >= 11 is 0. The lowest BCUT2D eigenvalue weighted by Crippen LogP contribution is -2.56. The summed E-state index contributed by atoms with van der Waals surface area (Å²) in [6.45, 7) is 3.11. The van der Waals surface area contributed by atoms with Gasteiger partial charge in [0.1, 0.15) is 6.04 Å². The van der Waals surface area contributed by atoms with Gasteiger partial charge < -0.3 is 20.4 Å². The Hall–Kier alpha value is -3.95. The van der Waals surface area contributed by atoms with Gasteiger partial charge in [-0.1, -0.05) is 84.9 Å². The molecule has 0 spiro atoms. The molecule has 1 aliphatic rings. The molecule has 2 N–H and O–H groups in total. The molecule has 0 aromatic heterocycles. The highest BCUT2D eigenvalue weighted by Crippen LogP contribution is 2.23. The number of carbonyl (C=O) groups excluding carboxylic acids is 2. The Morgan fingerprint density at radius 1 is 0.854 bits per heavy atom. The van der Waals surface area contributed by atoms with Gasteiger partial charge in [-0.3, -0.25) is 4.79 Å². The van der Waals surface area contributed by atoms with Gasteiger partial charge in [0, 0.05) is 50.5 Å². The van der Waals surface area contributed by atoms with Crippen LogP contribution in [0.2, 0.25) is 0 Å². The predicted molar refractivity (Wildman–Crippen MR) is 161 cm³/mol. The Morgan fingerprint density at radius 2 is 1.44 bits per heavy atom. The SMILES string of the molecule is CN1CCN(C(=O)NC(Cc2ccccc2)C(=O)NCCC(C=CS(=O)(=O)c2ccccc2)c2ccccc2)CC1. The second kappa shape index (κ2) is 14.6. The number of nitrogens with one attached hydrogen (secondary N) is 2. The quantitative estimate of drug-likeness (QED) is 0.363. The number of benzene rings is 3. The third-order valence-electron chi connectivity index (χ3n) is 7.23. The second-order valence-corrected chi connectivity index (χ2v) is 12.1. The largest absolute Gasteiger partial charge is 0.354 e. The summed E-state index contributed by atoms with van der Waals surface area (Å²) in [5, 5.41) is 7.18. The van der Waals surface area contributed by atoms with E-state index in [0.717, 1.165) is 24.2 Å². The fourth-order valence-electron chi connectivity index (χ4n) is 4.74. The van der Waals surface area contributed by atoms with Crippen LogP contribution in [0.5, 0.6) is 0 Å². The highest BCUT2D eigenvalue weighted by atomic mass is 32.2. The van der Waals surface area contributed by atoms with Gasteiger partial charge >= 0.3 is 6.03 Å². The molecule has 1 saturated heterocycles. The van der Waals surface area contributed by atoms with E-state index < -0.39 is 15.9 Å². The first-order chi connectivity index (χ1) is 19.8. The van der Waals surface area contributed by atoms with Crippen LogP contribution in [-0.4, -0.2) is 76.0 Å². The number of hydrogen-bond acceptors (Lipinski definition) is 5. The van der Waals surface area contributed by atoms with Gasteiger partial charge in [-0.25, -0.2) is 13.2 Å². The maximum atomic E-state index is 13.4. The van der Waals surface area contributed by atoms with Crippen LogP contribution in [-0.2, 0) is 21.1 Å². The predicted octanol–water partition coefficient (Wildman–Crippen LogP) is 3.83. The van der Waals surface area contributed by atoms with Crippen molar-refractivity contribution < 1.29 is 18.0 Å². The van der Waals surface area contributed by atoms with Crippen molar-refractivity contribution in [3.63, 3.8) is 0 Å². The van der Waals surface area contributed by atoms with E-state index in [9.17, 15) is 18.0 Å². The molecule has 1 heterocycles. The number of hydrogen-bond donors (Lipinski definition) is 2. The molecule has 0 bridgehead atoms. The minimum absolute atomic E-state index is 0.233. The molecule has 216 valence electrons. The third-order valence-corrected chi connectivity index (χ3v) is 8.68. The number of piperazine rings is 1. The van der Waals surface area contributed by atoms with Gasteiger partial charge in [-0.15, -0.1) is 0 Å². The van der Waals surface area contributed by atoms with Crippen molar-refractivity contribution >= 4 is 21.8 Å². The molecule has 3 aromatic rings. The summed E-state index contributed by atoms with van der Waals surface area (Å²) < 4.78 is 25.7. The van der Waals surface area contributed by atoms with Gasteiger partial charge in [0.15, 0.2) is 9.84 Å². The van der Waals surface area contributed by atoms with Crippen molar-refractivity contribution in [3.05, 3.63) is 114 Å². The topological polar surface area (TPSA) is 98.8 Å². The number of rotatable bonds is 11. The molecular weight excluding hydrogens is 536 g/mol. The lowest BCUT2D eigenvalue weighted by molar-refractivity contribution is -0.123. The number of amides is 3. The van der Waals surface area contributed by atoms with E-state index in [-0.39, 0.29) is 22.8 Å². The standard InChI is InChI=1S/C32H38N4O4S/c1-35-20-22-36(23-21-35)32(38)34-30(25-26-11-5-2-6-12-26)31(37)33-19-17-28(27-13-7-3-8-14-27)18-24-41(39,40)29-15-9-4-10-16-29/h2-16,18,24,28,30H,17,19-23,25H2,1H3,(H,33,37)(H,34,38). The van der Waals surface area contributed by atoms with Crippen molar-refractivity contribution in [1.29, 1.82) is 0 Å². The highest BCUT2D eigenvalue weighted by molar-refractivity contribution is 7.94. The molecule has 2 unspecified atom stereocenters. The molecule has 8 nitrogen and oxygen atoms in total. The second-order valence-electron chi connectivity index (χ2n) is 10.3. The third kappa shape index (κ3) is 9.03. The number of nitrogens with zero attached hydrogens (tertiary/aromatic N) is 2. The highest BCUT2D eigenvalue weighted by Gasteiger charge is 2.26. The molecule has 9 heteroatoms. The molecule has 3 amide bonds. The first kappa shape index (κ1) is 30.0. The minimum atomic E-state index is -3.60. The van der Waals surface area contributed by atoms with Crippen LogP contribution in [0.15, 0.2) is 107 Å². The van der Waals surface area contributed by atoms with Gasteiger partial charge in [-0.05, 0) is 36.7 Å². The lowest BCUT2D eigenvalue weighted by atomic mass is 9.96. The molecule has 41 heavy (non-hydrogen) atoms. The van der Waals surface area contributed by atoms with Crippen molar-refractivity contribution in [1.82, 2.24) is 20.4 Å². The zero-order chi connectivity index (χ0) is 29.1. The number of sulfone groups is 1. The van der Waals surface area contributed by atoms with Gasteiger partial charge in [-0.2, -0.15) is 0 Å². The Labute approximate surface area is 243 Å². The average Bonchev–Trinajstić information content (AvgIpc) is 3.00. The van der Waals surface area contributed by atoms with E-state index >= 15 is 0 Å². The fraction of sp³-hybridized carbons (Fsp3) is 0.312. The summed E-state index contributed by atoms with van der Waals surface area (Å²) in [4.78, 5) is 30.5. The Bertz CT molecular complexity index is 1390. The van der Waals surface area contributed by atoms with Crippen LogP contribution in [0, 0.1) is 0 Å². The molecule has 0 radical (unpaired) electrons. The summed E-state index contributed by atoms with van der Waals surface area (Å²) in [5.41, 5.74) is 1.90. The first-order valence-electron chi connectivity index (χ1n) is 13.9. The van der Waals surface area contributed by atoms with E-state index in [4.69, 9.17) is 0 Å². The molecule has 0 saturated carbocycles. The molecule has 2 atom stereocenters. The lowest BCUT2D eigenvalue weighted by Gasteiger charge is -2.33. The maximum Gasteiger partial charge on any atom is 0.318 e. The minimum Gasteiger partial charge on any atom is -0.354 e. The van der Waals surface area contributed by atoms with Gasteiger partial charge in [0.05, 0.1) is 4.90 Å². The zero-order valence-electron chi connectivity index (χ0n) is 23.4. The van der Waals surface area contributed by atoms with E-state index in [1.54, 1.807) is 41.3 Å². The maximum absolute atomic E-state index is 13.4. The summed E-state index contributed by atoms with van der Waals surface area (Å²) in [6.07, 6.45) is 2.53. The Kier molecular flexibility index (Phi) is 10.7. The van der Waals surface area contributed by atoms with Crippen molar-refractivity contribution in [2.24, 2.45) is 0 Å². The molecule has 1 fully saturated rings. The first-order valence-corrected chi connectivity index (χ1v) is 15.5. The van der Waals surface area contributed by atoms with Gasteiger partial charge in [0.25, 0.3) is 0 Å². The van der Waals surface area contributed by atoms with Crippen LogP contribution in [0.3, 0.4) is 0 Å². The Morgan fingerprint density at radius 3 is 2.07 bits per heavy atom. The molecule has 4 rings (SSSR count). The fourth-order valence-corrected chi connectivity index (χ4v) is 5.83. The van der Waals surface area contributed by atoms with Crippen LogP contribution in [0.4, 0.5) is 4.79 Å². The van der Waals surface area contributed by atoms with Crippen molar-refractivity contribution in [2.75, 3.05) is 39.8 Å². The van der Waals surface area contributed by atoms with Crippen LogP contribution < -0.4 is 10.6 Å². The number of likely N-dealkylation sites (N-methyl/N-ethyl adjacent to an activating group) is 1. The zero-order valence-corrected chi connectivity index (χ0v) is 24.2. The van der Waals surface area contributed by atoms with E-state index in [1.807, 2.05) is 67.7 Å². The average molecular weight is 575 g/mol. The van der Waals surface area contributed by atoms with E-state index in [0.29, 0.717) is 32.5 Å². The number of urea groups is 1. The molecular formula is C32H38N4O4S.